The van der Waals surface area contributed by atoms with Gasteiger partial charge in [0.15, 0.2) is 0 Å². The number of hydrogen-bond donors (Lipinski definition) is 0. The molecular formula is C24H39NaO2. The summed E-state index contributed by atoms with van der Waals surface area (Å²) in [6.45, 7) is 2.27. The zero-order chi connectivity index (χ0) is 18.7. The summed E-state index contributed by atoms with van der Waals surface area (Å²) in [4.78, 5) is 11.7. The minimum absolute atomic E-state index is 0. The molecule has 0 heterocycles. The molecule has 0 spiro atoms. The number of carbonyl (C=O) groups is 1. The van der Waals surface area contributed by atoms with Crippen LogP contribution in [0.15, 0.2) is 42.5 Å². The van der Waals surface area contributed by atoms with Crippen LogP contribution < -0.4 is 34.3 Å². The van der Waals surface area contributed by atoms with Crippen molar-refractivity contribution in [2.75, 3.05) is 0 Å². The second-order valence-corrected chi connectivity index (χ2v) is 7.12. The van der Waals surface area contributed by atoms with E-state index in [1.165, 1.54) is 70.6 Å². The van der Waals surface area contributed by atoms with Crippen molar-refractivity contribution in [3.05, 3.63) is 42.5 Å². The number of esters is 1. The van der Waals surface area contributed by atoms with Gasteiger partial charge in [0.1, 0.15) is 5.75 Å². The van der Waals surface area contributed by atoms with E-state index in [2.05, 4.69) is 19.1 Å². The van der Waals surface area contributed by atoms with Gasteiger partial charge in [-0.15, -0.1) is 0 Å². The molecule has 0 atom stereocenters. The average Bonchev–Trinajstić information content (AvgIpc) is 2.65. The molecule has 148 valence electrons. The average molecular weight is 383 g/mol. The molecule has 3 heteroatoms. The zero-order valence-electron chi connectivity index (χ0n) is 18.8. The maximum Gasteiger partial charge on any atom is 1.00 e. The summed E-state index contributed by atoms with van der Waals surface area (Å²) in [7, 11) is 0. The molecule has 1 aromatic carbocycles. The molecule has 1 aromatic rings. The molecule has 0 aliphatic carbocycles. The molecule has 0 aliphatic heterocycles. The summed E-state index contributed by atoms with van der Waals surface area (Å²) in [5.74, 6) is 0.527. The summed E-state index contributed by atoms with van der Waals surface area (Å²) >= 11 is 0. The van der Waals surface area contributed by atoms with E-state index >= 15 is 0 Å². The second kappa shape index (κ2) is 20.2. The maximum absolute atomic E-state index is 11.7. The predicted molar refractivity (Wildman–Crippen MR) is 113 cm³/mol. The van der Waals surface area contributed by atoms with Crippen molar-refractivity contribution in [2.24, 2.45) is 0 Å². The van der Waals surface area contributed by atoms with Crippen molar-refractivity contribution >= 4 is 5.97 Å². The summed E-state index contributed by atoms with van der Waals surface area (Å²) in [6.07, 6.45) is 21.7. The van der Waals surface area contributed by atoms with Crippen LogP contribution in [0.2, 0.25) is 0 Å². The van der Waals surface area contributed by atoms with Crippen molar-refractivity contribution in [3.8, 4) is 5.75 Å². The molecule has 0 bridgehead atoms. The third kappa shape index (κ3) is 17.3. The quantitative estimate of drug-likeness (QED) is 0.136. The first-order chi connectivity index (χ1) is 12.8. The van der Waals surface area contributed by atoms with E-state index in [0.717, 1.165) is 12.8 Å². The molecule has 0 saturated carbocycles. The maximum atomic E-state index is 11.7. The first-order valence-corrected chi connectivity index (χ1v) is 10.7. The first kappa shape index (κ1) is 26.4. The van der Waals surface area contributed by atoms with Gasteiger partial charge in [0.05, 0.1) is 0 Å². The van der Waals surface area contributed by atoms with Gasteiger partial charge >= 0.3 is 35.5 Å². The Morgan fingerprint density at radius 3 is 1.93 bits per heavy atom. The molecular weight excluding hydrogens is 343 g/mol. The number of carbonyl (C=O) groups excluding carboxylic acids is 1. The number of benzene rings is 1. The second-order valence-electron chi connectivity index (χ2n) is 7.12. The summed E-state index contributed by atoms with van der Waals surface area (Å²) < 4.78 is 5.29. The number of allylic oxidation sites excluding steroid dienone is 2. The third-order valence-electron chi connectivity index (χ3n) is 4.62. The van der Waals surface area contributed by atoms with E-state index in [9.17, 15) is 4.79 Å². The standard InChI is InChI=1S/C24H38O2.Na.H/c1-2-3-4-5-6-7-8-9-10-11-12-13-14-15-19-22-24(25)26-23-20-17-16-18-21-23;;/h9-10,16-18,20-21H,2-8,11-15,19,22H2,1H3;;/q;+1;-1/b10-9-;;. The van der Waals surface area contributed by atoms with Gasteiger partial charge in [-0.3, -0.25) is 4.79 Å². The molecule has 0 saturated heterocycles. The van der Waals surface area contributed by atoms with Gasteiger partial charge in [-0.2, -0.15) is 0 Å². The van der Waals surface area contributed by atoms with Crippen molar-refractivity contribution < 1.29 is 40.5 Å². The van der Waals surface area contributed by atoms with Crippen LogP contribution in [0.4, 0.5) is 0 Å². The van der Waals surface area contributed by atoms with E-state index in [0.29, 0.717) is 12.2 Å². The van der Waals surface area contributed by atoms with Gasteiger partial charge in [-0.25, -0.2) is 0 Å². The van der Waals surface area contributed by atoms with Crippen molar-refractivity contribution in [2.45, 2.75) is 96.8 Å². The molecule has 0 aliphatic rings. The molecule has 1 rings (SSSR count). The zero-order valence-corrected chi connectivity index (χ0v) is 19.8. The Balaban J connectivity index is 0. The monoisotopic (exact) mass is 382 g/mol. The minimum Gasteiger partial charge on any atom is -1.00 e. The number of ether oxygens (including phenoxy) is 1. The van der Waals surface area contributed by atoms with Crippen LogP contribution in [0.25, 0.3) is 0 Å². The third-order valence-corrected chi connectivity index (χ3v) is 4.62. The smallest absolute Gasteiger partial charge is 1.00 e. The molecule has 0 amide bonds. The molecule has 27 heavy (non-hydrogen) atoms. The van der Waals surface area contributed by atoms with Crippen LogP contribution in [0, 0.1) is 0 Å². The van der Waals surface area contributed by atoms with Crippen LogP contribution in [-0.2, 0) is 4.79 Å². The molecule has 0 N–H and O–H groups in total. The Morgan fingerprint density at radius 2 is 1.33 bits per heavy atom. The Labute approximate surface area is 190 Å². The van der Waals surface area contributed by atoms with Crippen LogP contribution in [0.3, 0.4) is 0 Å². The largest absolute Gasteiger partial charge is 1.00 e. The fourth-order valence-electron chi connectivity index (χ4n) is 3.01. The molecule has 0 fully saturated rings. The molecule has 0 radical (unpaired) electrons. The van der Waals surface area contributed by atoms with Gasteiger partial charge < -0.3 is 6.16 Å². The van der Waals surface area contributed by atoms with Crippen LogP contribution in [0.1, 0.15) is 98.2 Å². The number of para-hydroxylation sites is 1. The fourth-order valence-corrected chi connectivity index (χ4v) is 3.01. The van der Waals surface area contributed by atoms with Crippen LogP contribution >= 0.6 is 0 Å². The van der Waals surface area contributed by atoms with E-state index in [4.69, 9.17) is 4.74 Å². The summed E-state index contributed by atoms with van der Waals surface area (Å²) in [5, 5.41) is 0. The summed E-state index contributed by atoms with van der Waals surface area (Å²) in [6, 6.07) is 9.31. The number of unbranched alkanes of at least 4 members (excludes halogenated alkanes) is 11. The molecule has 2 nitrogen and oxygen atoms in total. The Hall–Kier alpha value is -0.570. The predicted octanol–water partition coefficient (Wildman–Crippen LogP) is 4.75. The Bertz CT molecular complexity index is 477. The minimum atomic E-state index is -0.117. The van der Waals surface area contributed by atoms with E-state index in [-0.39, 0.29) is 37.0 Å². The number of hydrogen-bond acceptors (Lipinski definition) is 2. The first-order valence-electron chi connectivity index (χ1n) is 10.7. The number of rotatable bonds is 16. The van der Waals surface area contributed by atoms with E-state index in [1.54, 1.807) is 0 Å². The normalized spacial score (nSPS) is 10.7. The van der Waals surface area contributed by atoms with Crippen LogP contribution in [0.5, 0.6) is 5.75 Å². The van der Waals surface area contributed by atoms with Crippen molar-refractivity contribution in [1.82, 2.24) is 0 Å². The fraction of sp³-hybridized carbons (Fsp3) is 0.625. The van der Waals surface area contributed by atoms with E-state index < -0.39 is 0 Å². The van der Waals surface area contributed by atoms with Gasteiger partial charge in [-0.05, 0) is 44.2 Å². The van der Waals surface area contributed by atoms with Crippen molar-refractivity contribution in [3.63, 3.8) is 0 Å². The topological polar surface area (TPSA) is 26.3 Å². The summed E-state index contributed by atoms with van der Waals surface area (Å²) in [5.41, 5.74) is 0. The van der Waals surface area contributed by atoms with Gasteiger partial charge in [0, 0.05) is 6.42 Å². The Morgan fingerprint density at radius 1 is 0.815 bits per heavy atom. The van der Waals surface area contributed by atoms with Crippen LogP contribution in [-0.4, -0.2) is 5.97 Å². The van der Waals surface area contributed by atoms with Gasteiger partial charge in [0.2, 0.25) is 0 Å². The molecule has 0 aromatic heterocycles. The Kier molecular flexibility index (Phi) is 19.7. The van der Waals surface area contributed by atoms with Gasteiger partial charge in [-0.1, -0.05) is 88.6 Å². The van der Waals surface area contributed by atoms with Gasteiger partial charge in [0.25, 0.3) is 0 Å². The van der Waals surface area contributed by atoms with E-state index in [1.807, 2.05) is 30.3 Å². The SMILES string of the molecule is CCCCCCCC/C=C\CCCCCCCC(=O)Oc1ccccc1.[H-].[Na+]. The van der Waals surface area contributed by atoms with Crippen molar-refractivity contribution in [1.29, 1.82) is 0 Å². The molecule has 0 unspecified atom stereocenters.